The van der Waals surface area contributed by atoms with E-state index >= 15 is 0 Å². The molecule has 0 bridgehead atoms. The van der Waals surface area contributed by atoms with Crippen LogP contribution in [-0.2, 0) is 0 Å². The van der Waals surface area contributed by atoms with Crippen LogP contribution in [0.2, 0.25) is 0 Å². The molecule has 0 spiro atoms. The van der Waals surface area contributed by atoms with E-state index in [1.54, 1.807) is 0 Å². The molecule has 546 valence electrons. The van der Waals surface area contributed by atoms with Crippen LogP contribution in [0, 0.1) is 0 Å². The van der Waals surface area contributed by atoms with E-state index in [1.165, 1.54) is 171 Å². The molecule has 19 aromatic carbocycles. The highest BCUT2D eigenvalue weighted by Gasteiger charge is 2.42. The number of nitrogens with zero attached hydrogens (tertiary/aromatic N) is 3. The van der Waals surface area contributed by atoms with Gasteiger partial charge in [-0.25, -0.2) is 0 Å². The minimum atomic E-state index is -0.234. The Morgan fingerprint density at radius 1 is 0.153 bits per heavy atom. The van der Waals surface area contributed by atoms with Gasteiger partial charge in [-0.1, -0.05) is 340 Å². The van der Waals surface area contributed by atoms with Crippen molar-refractivity contribution in [2.24, 2.45) is 0 Å². The largest absolute Gasteiger partial charge is 0.310 e. The molecule has 0 aliphatic carbocycles. The molecule has 0 amide bonds. The molecule has 0 unspecified atom stereocenters. The average molecular weight is 1490 g/mol. The lowest BCUT2D eigenvalue weighted by Crippen LogP contribution is -2.59. The molecule has 3 aromatic heterocycles. The molecule has 118 heavy (non-hydrogen) atoms. The van der Waals surface area contributed by atoms with Crippen molar-refractivity contribution in [1.29, 1.82) is 0 Å². The number of hydrogen-bond donors (Lipinski definition) is 0. The maximum atomic E-state index is 2.66. The van der Waals surface area contributed by atoms with E-state index in [0.29, 0.717) is 0 Å². The second-order valence-electron chi connectivity index (χ2n) is 31.8. The number of hydrogen-bond acceptors (Lipinski definition) is 0. The maximum absolute atomic E-state index is 2.66. The van der Waals surface area contributed by atoms with Crippen LogP contribution in [0.25, 0.3) is 216 Å². The summed E-state index contributed by atoms with van der Waals surface area (Å²) in [5.74, 6) is 0. The molecule has 0 saturated heterocycles. The van der Waals surface area contributed by atoms with Gasteiger partial charge in [0.15, 0.2) is 0 Å². The van der Waals surface area contributed by atoms with Crippen molar-refractivity contribution in [3.05, 3.63) is 437 Å². The normalized spacial score (nSPS) is 12.1. The van der Waals surface area contributed by atoms with Gasteiger partial charge in [-0.05, 0) is 247 Å². The summed E-state index contributed by atoms with van der Waals surface area (Å²) in [6.07, 6.45) is 0. The first-order valence-electron chi connectivity index (χ1n) is 40.9. The van der Waals surface area contributed by atoms with Crippen molar-refractivity contribution in [2.75, 3.05) is 0 Å². The molecule has 4 heteroatoms. The predicted octanol–water partition coefficient (Wildman–Crippen LogP) is 28.1. The van der Waals surface area contributed by atoms with Gasteiger partial charge in [0.25, 0.3) is 6.71 Å². The lowest BCUT2D eigenvalue weighted by molar-refractivity contribution is 1.10. The quantitative estimate of drug-likeness (QED) is 0.102. The molecular weight excluding hydrogens is 1420 g/mol. The van der Waals surface area contributed by atoms with E-state index in [4.69, 9.17) is 0 Å². The zero-order valence-corrected chi connectivity index (χ0v) is 64.5. The second kappa shape index (κ2) is 27.2. The highest BCUT2D eigenvalue weighted by molar-refractivity contribution is 7.00. The molecule has 0 N–H and O–H groups in total. The fraction of sp³-hybridized carbons (Fsp3) is 0. The van der Waals surface area contributed by atoms with Gasteiger partial charge in [0, 0.05) is 54.7 Å². The van der Waals surface area contributed by atoms with Crippen molar-refractivity contribution in [1.82, 2.24) is 13.7 Å². The Morgan fingerprint density at radius 2 is 0.424 bits per heavy atom. The fourth-order valence-corrected chi connectivity index (χ4v) is 19.8. The van der Waals surface area contributed by atoms with Gasteiger partial charge in [-0.15, -0.1) is 0 Å². The van der Waals surface area contributed by atoms with Crippen LogP contribution >= 0.6 is 0 Å². The summed E-state index contributed by atoms with van der Waals surface area (Å²) in [7, 11) is 0. The van der Waals surface area contributed by atoms with Gasteiger partial charge in [0.1, 0.15) is 0 Å². The molecular formula is C114H72BN3. The van der Waals surface area contributed by atoms with Gasteiger partial charge < -0.3 is 13.7 Å². The van der Waals surface area contributed by atoms with Gasteiger partial charge in [0.05, 0.1) is 27.8 Å². The summed E-state index contributed by atoms with van der Waals surface area (Å²) in [5, 5.41) is 7.23. The van der Waals surface area contributed by atoms with Crippen molar-refractivity contribution >= 4 is 88.5 Å². The first-order valence-corrected chi connectivity index (χ1v) is 40.9. The van der Waals surface area contributed by atoms with Crippen LogP contribution in [0.3, 0.4) is 0 Å². The van der Waals surface area contributed by atoms with Crippen LogP contribution in [-0.4, -0.2) is 20.4 Å². The maximum Gasteiger partial charge on any atom is 0.252 e. The van der Waals surface area contributed by atoms with E-state index < -0.39 is 0 Å². The Labute approximate surface area is 684 Å². The molecule has 0 saturated carbocycles. The summed E-state index contributed by atoms with van der Waals surface area (Å²) >= 11 is 0. The van der Waals surface area contributed by atoms with Crippen LogP contribution in [0.5, 0.6) is 0 Å². The Bertz CT molecular complexity index is 7250. The fourth-order valence-electron chi connectivity index (χ4n) is 19.8. The van der Waals surface area contributed by atoms with Crippen LogP contribution < -0.4 is 16.4 Å². The number of benzene rings is 19. The van der Waals surface area contributed by atoms with E-state index in [0.717, 1.165) is 61.4 Å². The van der Waals surface area contributed by atoms with Gasteiger partial charge >= 0.3 is 0 Å². The van der Waals surface area contributed by atoms with Crippen LogP contribution in [0.15, 0.2) is 437 Å². The molecule has 2 aliphatic heterocycles. The molecule has 0 radical (unpaired) electrons. The van der Waals surface area contributed by atoms with Crippen LogP contribution in [0.4, 0.5) is 0 Å². The van der Waals surface area contributed by atoms with Crippen molar-refractivity contribution < 1.29 is 0 Å². The smallest absolute Gasteiger partial charge is 0.252 e. The summed E-state index contributed by atoms with van der Waals surface area (Å²) in [6.45, 7) is -0.234. The molecule has 22 aromatic rings. The van der Waals surface area contributed by atoms with Crippen molar-refractivity contribution in [3.8, 4) is 151 Å². The SMILES string of the molecule is c1ccc(-c2cc(-c3ccccc3)cc(-c3ccc4c5ccc(-c6cc(-c7ccccc7)cc(-c7ccccc7)c6)cc5n(-c5cc6c7c(c5)-n5c8ccccc8c8cc(-c9ccccc9-c9cccc(-c%10ccccc%10)c9)cc(c85)B7c5cc(-c7ccccc7-c7cccc(-c8ccccc8)c7)cc7c8ccccc8n-6c57)c4c3)c2)cc1. The zero-order valence-electron chi connectivity index (χ0n) is 64.5. The second-order valence-corrected chi connectivity index (χ2v) is 31.8. The Morgan fingerprint density at radius 3 is 0.788 bits per heavy atom. The molecule has 5 heterocycles. The van der Waals surface area contributed by atoms with Gasteiger partial charge in [0.2, 0.25) is 0 Å². The standard InChI is InChI=1S/C114H72BN3/c1-7-29-73(30-8-1)79-41-27-43-83(57-79)94-45-19-21-47-96(94)91-65-102-98-49-23-25-51-106(98)117-110-71-93(72-111-112(110)115(104(67-91)113(102)117)105-68-92(66-103-99-50-24-26-52-107(99)118(111)114(103)105)97-48-22-20-46-95(97)84-44-28-42-80(58-84)74-31-9-2-10-32-74)116-108-69-81(89-61-85(75-33-11-3-12-34-75)59-86(62-89)76-35-13-4-14-36-76)53-55-100(108)101-56-54-82(70-109(101)116)90-63-87(77-37-15-5-16-38-77)60-88(64-90)78-39-17-6-18-40-78/h1-72H. The average Bonchev–Trinajstić information content (AvgIpc) is 1.46. The van der Waals surface area contributed by atoms with E-state index in [9.17, 15) is 0 Å². The van der Waals surface area contributed by atoms with Gasteiger partial charge in [-0.2, -0.15) is 0 Å². The van der Waals surface area contributed by atoms with Gasteiger partial charge in [-0.3, -0.25) is 0 Å². The Hall–Kier alpha value is -15.4. The first-order chi connectivity index (χ1) is 58.5. The summed E-state index contributed by atoms with van der Waals surface area (Å²) in [6, 6.07) is 164. The summed E-state index contributed by atoms with van der Waals surface area (Å²) < 4.78 is 7.95. The lowest BCUT2D eigenvalue weighted by Gasteiger charge is -2.35. The minimum absolute atomic E-state index is 0.234. The van der Waals surface area contributed by atoms with Crippen LogP contribution in [0.1, 0.15) is 0 Å². The minimum Gasteiger partial charge on any atom is -0.310 e. The highest BCUT2D eigenvalue weighted by Crippen LogP contribution is 2.48. The third-order valence-corrected chi connectivity index (χ3v) is 25.1. The van der Waals surface area contributed by atoms with Crippen molar-refractivity contribution in [2.45, 2.75) is 0 Å². The number of para-hydroxylation sites is 2. The molecule has 3 nitrogen and oxygen atoms in total. The summed E-state index contributed by atoms with van der Waals surface area (Å²) in [4.78, 5) is 0. The zero-order chi connectivity index (χ0) is 77.5. The Kier molecular flexibility index (Phi) is 15.5. The molecule has 0 atom stereocenters. The summed E-state index contributed by atoms with van der Waals surface area (Å²) in [5.41, 5.74) is 42.5. The lowest BCUT2D eigenvalue weighted by atomic mass is 9.34. The van der Waals surface area contributed by atoms with Crippen molar-refractivity contribution in [3.63, 3.8) is 0 Å². The Balaban J connectivity index is 0.804. The third kappa shape index (κ3) is 10.9. The van der Waals surface area contributed by atoms with E-state index in [1.807, 2.05) is 0 Å². The number of rotatable bonds is 13. The number of fused-ring (bicyclic) bond motifs is 13. The highest BCUT2D eigenvalue weighted by atomic mass is 15.1. The molecule has 0 fully saturated rings. The molecule has 2 aliphatic rings. The van der Waals surface area contributed by atoms with E-state index in [2.05, 4.69) is 450 Å². The predicted molar refractivity (Wildman–Crippen MR) is 499 cm³/mol. The third-order valence-electron chi connectivity index (χ3n) is 25.1. The first kappa shape index (κ1) is 67.2. The van der Waals surface area contributed by atoms with E-state index in [-0.39, 0.29) is 6.71 Å². The topological polar surface area (TPSA) is 14.8 Å². The number of aromatic nitrogens is 3. The monoisotopic (exact) mass is 1490 g/mol. The molecule has 24 rings (SSSR count).